The number of hydrogen-bond donors (Lipinski definition) is 1. The third-order valence-electron chi connectivity index (χ3n) is 4.62. The molecule has 2 aromatic carbocycles. The monoisotopic (exact) mass is 385 g/mol. The topological polar surface area (TPSA) is 83.1 Å². The number of amides is 1. The van der Waals surface area contributed by atoms with Gasteiger partial charge in [0, 0.05) is 17.5 Å². The van der Waals surface area contributed by atoms with Crippen molar-refractivity contribution in [2.75, 3.05) is 27.4 Å². The van der Waals surface area contributed by atoms with E-state index in [1.165, 1.54) is 14.2 Å². The quantitative estimate of drug-likeness (QED) is 0.770. The van der Waals surface area contributed by atoms with E-state index in [9.17, 15) is 9.59 Å². The van der Waals surface area contributed by atoms with Crippen LogP contribution in [0.5, 0.6) is 17.2 Å². The summed E-state index contributed by atoms with van der Waals surface area (Å²) >= 11 is 0. The lowest BCUT2D eigenvalue weighted by Gasteiger charge is -2.26. The number of rotatable bonds is 6. The van der Waals surface area contributed by atoms with Crippen molar-refractivity contribution >= 4 is 11.9 Å². The van der Waals surface area contributed by atoms with E-state index in [1.807, 2.05) is 31.2 Å². The molecule has 1 unspecified atom stereocenters. The molecular formula is C21H23NO6. The van der Waals surface area contributed by atoms with Gasteiger partial charge in [-0.15, -0.1) is 0 Å². The number of hydrogen-bond acceptors (Lipinski definition) is 6. The standard InChI is InChI=1S/C21H23NO6/c1-13-18(25-2)10-14(11-19(13)26-3)21(24)28-12-20(23)22-16-8-9-27-17-7-5-4-6-15(16)17/h4-7,10-11,16H,8-9,12H2,1-3H3,(H,22,23). The molecule has 2 aromatic rings. The van der Waals surface area contributed by atoms with Crippen LogP contribution in [0.15, 0.2) is 36.4 Å². The van der Waals surface area contributed by atoms with Crippen LogP contribution < -0.4 is 19.5 Å². The minimum atomic E-state index is -0.626. The van der Waals surface area contributed by atoms with Gasteiger partial charge in [0.1, 0.15) is 17.2 Å². The van der Waals surface area contributed by atoms with Gasteiger partial charge in [-0.3, -0.25) is 4.79 Å². The first-order chi connectivity index (χ1) is 13.5. The van der Waals surface area contributed by atoms with Gasteiger partial charge in [0.05, 0.1) is 32.4 Å². The van der Waals surface area contributed by atoms with Gasteiger partial charge >= 0.3 is 5.97 Å². The van der Waals surface area contributed by atoms with Gasteiger partial charge in [0.25, 0.3) is 5.91 Å². The van der Waals surface area contributed by atoms with E-state index in [0.29, 0.717) is 24.5 Å². The highest BCUT2D eigenvalue weighted by Gasteiger charge is 2.23. The zero-order chi connectivity index (χ0) is 20.1. The molecule has 1 aliphatic rings. The fourth-order valence-corrected chi connectivity index (χ4v) is 3.15. The number of carbonyl (C=O) groups excluding carboxylic acids is 2. The van der Waals surface area contributed by atoms with Crippen LogP contribution in [0.1, 0.15) is 33.9 Å². The van der Waals surface area contributed by atoms with Crippen molar-refractivity contribution in [3.05, 3.63) is 53.1 Å². The molecule has 0 saturated carbocycles. The summed E-state index contributed by atoms with van der Waals surface area (Å²) in [4.78, 5) is 24.6. The molecule has 7 heteroatoms. The summed E-state index contributed by atoms with van der Waals surface area (Å²) < 4.78 is 21.3. The molecule has 0 aliphatic carbocycles. The highest BCUT2D eigenvalue weighted by Crippen LogP contribution is 2.32. The molecule has 7 nitrogen and oxygen atoms in total. The molecule has 148 valence electrons. The van der Waals surface area contributed by atoms with Crippen LogP contribution in [0.4, 0.5) is 0 Å². The van der Waals surface area contributed by atoms with Crippen LogP contribution in [0.25, 0.3) is 0 Å². The molecule has 1 atom stereocenters. The Morgan fingerprint density at radius 2 is 1.82 bits per heavy atom. The average molecular weight is 385 g/mol. The van der Waals surface area contributed by atoms with Gasteiger partial charge in [0.15, 0.2) is 6.61 Å². The van der Waals surface area contributed by atoms with E-state index in [4.69, 9.17) is 18.9 Å². The second-order valence-electron chi connectivity index (χ2n) is 6.38. The van der Waals surface area contributed by atoms with Gasteiger partial charge in [0.2, 0.25) is 0 Å². The first-order valence-corrected chi connectivity index (χ1v) is 8.94. The Kier molecular flexibility index (Phi) is 6.03. The molecule has 1 amide bonds. The second kappa shape index (κ2) is 8.65. The molecule has 0 spiro atoms. The maximum atomic E-state index is 12.4. The Bertz CT molecular complexity index is 854. The molecule has 28 heavy (non-hydrogen) atoms. The molecule has 0 aromatic heterocycles. The lowest BCUT2D eigenvalue weighted by molar-refractivity contribution is -0.125. The van der Waals surface area contributed by atoms with Crippen LogP contribution in [-0.2, 0) is 9.53 Å². The van der Waals surface area contributed by atoms with Crippen molar-refractivity contribution in [3.63, 3.8) is 0 Å². The molecular weight excluding hydrogens is 362 g/mol. The first-order valence-electron chi connectivity index (χ1n) is 8.94. The van der Waals surface area contributed by atoms with Gasteiger partial charge in [-0.2, -0.15) is 0 Å². The maximum Gasteiger partial charge on any atom is 0.338 e. The van der Waals surface area contributed by atoms with Crippen molar-refractivity contribution in [1.29, 1.82) is 0 Å². The highest BCUT2D eigenvalue weighted by atomic mass is 16.5. The molecule has 3 rings (SSSR count). The lowest BCUT2D eigenvalue weighted by atomic mass is 10.0. The summed E-state index contributed by atoms with van der Waals surface area (Å²) in [6.07, 6.45) is 0.656. The molecule has 1 N–H and O–H groups in total. The van der Waals surface area contributed by atoms with Crippen LogP contribution in [-0.4, -0.2) is 39.3 Å². The number of ether oxygens (including phenoxy) is 4. The van der Waals surface area contributed by atoms with Gasteiger partial charge in [-0.25, -0.2) is 4.79 Å². The van der Waals surface area contributed by atoms with Gasteiger partial charge in [-0.05, 0) is 25.1 Å². The van der Waals surface area contributed by atoms with Crippen molar-refractivity contribution in [3.8, 4) is 17.2 Å². The Labute approximate surface area is 163 Å². The van der Waals surface area contributed by atoms with Crippen LogP contribution in [0.2, 0.25) is 0 Å². The summed E-state index contributed by atoms with van der Waals surface area (Å²) in [5.74, 6) is 0.777. The summed E-state index contributed by atoms with van der Waals surface area (Å²) in [5, 5.41) is 2.89. The normalized spacial score (nSPS) is 15.0. The Morgan fingerprint density at radius 3 is 2.50 bits per heavy atom. The van der Waals surface area contributed by atoms with E-state index >= 15 is 0 Å². The summed E-state index contributed by atoms with van der Waals surface area (Å²) in [6, 6.07) is 10.5. The Hall–Kier alpha value is -3.22. The summed E-state index contributed by atoms with van der Waals surface area (Å²) in [6.45, 7) is 1.97. The number of para-hydroxylation sites is 1. The zero-order valence-electron chi connectivity index (χ0n) is 16.1. The third-order valence-corrected chi connectivity index (χ3v) is 4.62. The number of fused-ring (bicyclic) bond motifs is 1. The lowest BCUT2D eigenvalue weighted by Crippen LogP contribution is -2.35. The minimum Gasteiger partial charge on any atom is -0.496 e. The Morgan fingerprint density at radius 1 is 1.14 bits per heavy atom. The zero-order valence-corrected chi connectivity index (χ0v) is 16.1. The fraction of sp³-hybridized carbons (Fsp3) is 0.333. The van der Waals surface area contributed by atoms with E-state index in [-0.39, 0.29) is 24.1 Å². The number of esters is 1. The third kappa shape index (κ3) is 4.19. The number of carbonyl (C=O) groups is 2. The highest BCUT2D eigenvalue weighted by molar-refractivity contribution is 5.92. The molecule has 0 saturated heterocycles. The van der Waals surface area contributed by atoms with E-state index in [0.717, 1.165) is 16.9 Å². The van der Waals surface area contributed by atoms with Crippen LogP contribution in [0, 0.1) is 6.92 Å². The van der Waals surface area contributed by atoms with Crippen molar-refractivity contribution < 1.29 is 28.5 Å². The first kappa shape index (κ1) is 19.5. The molecule has 0 radical (unpaired) electrons. The summed E-state index contributed by atoms with van der Waals surface area (Å²) in [5.41, 5.74) is 1.95. The van der Waals surface area contributed by atoms with Crippen LogP contribution in [0.3, 0.4) is 0 Å². The van der Waals surface area contributed by atoms with Crippen LogP contribution >= 0.6 is 0 Å². The van der Waals surface area contributed by atoms with Crippen molar-refractivity contribution in [1.82, 2.24) is 5.32 Å². The predicted molar refractivity (Wildman–Crippen MR) is 102 cm³/mol. The maximum absolute atomic E-state index is 12.4. The average Bonchev–Trinajstić information content (AvgIpc) is 2.72. The van der Waals surface area contributed by atoms with Crippen molar-refractivity contribution in [2.24, 2.45) is 0 Å². The SMILES string of the molecule is COc1cc(C(=O)OCC(=O)NC2CCOc3ccccc32)cc(OC)c1C. The van der Waals surface area contributed by atoms with E-state index < -0.39 is 5.97 Å². The van der Waals surface area contributed by atoms with E-state index in [1.54, 1.807) is 12.1 Å². The molecule has 0 fully saturated rings. The smallest absolute Gasteiger partial charge is 0.338 e. The Balaban J connectivity index is 1.62. The van der Waals surface area contributed by atoms with E-state index in [2.05, 4.69) is 5.32 Å². The van der Waals surface area contributed by atoms with Gasteiger partial charge in [-0.1, -0.05) is 18.2 Å². The largest absolute Gasteiger partial charge is 0.496 e. The fourth-order valence-electron chi connectivity index (χ4n) is 3.15. The number of nitrogens with one attached hydrogen (secondary N) is 1. The molecule has 1 heterocycles. The molecule has 0 bridgehead atoms. The second-order valence-corrected chi connectivity index (χ2v) is 6.38. The van der Waals surface area contributed by atoms with Crippen molar-refractivity contribution in [2.45, 2.75) is 19.4 Å². The number of benzene rings is 2. The minimum absolute atomic E-state index is 0.171. The summed E-state index contributed by atoms with van der Waals surface area (Å²) in [7, 11) is 3.02. The predicted octanol–water partition coefficient (Wildman–Crippen LogP) is 2.81. The number of methoxy groups -OCH3 is 2. The molecule has 1 aliphatic heterocycles. The van der Waals surface area contributed by atoms with Gasteiger partial charge < -0.3 is 24.3 Å².